The molecule has 4 atom stereocenters. The second kappa shape index (κ2) is 7.66. The first-order valence-electron chi connectivity index (χ1n) is 9.43. The van der Waals surface area contributed by atoms with Gasteiger partial charge in [0.2, 0.25) is 5.91 Å². The van der Waals surface area contributed by atoms with E-state index in [4.69, 9.17) is 4.74 Å². The summed E-state index contributed by atoms with van der Waals surface area (Å²) >= 11 is 0. The van der Waals surface area contributed by atoms with Crippen molar-refractivity contribution >= 4 is 18.0 Å². The fraction of sp³-hybridized carbons (Fsp3) is 0.429. The lowest BCUT2D eigenvalue weighted by molar-refractivity contribution is -0.150. The smallest absolute Gasteiger partial charge is 0.310 e. The van der Waals surface area contributed by atoms with E-state index in [9.17, 15) is 14.7 Å². The molecule has 1 amide bonds. The maximum absolute atomic E-state index is 12.9. The van der Waals surface area contributed by atoms with Crippen molar-refractivity contribution in [1.82, 2.24) is 9.80 Å². The molecule has 3 aliphatic heterocycles. The van der Waals surface area contributed by atoms with Crippen molar-refractivity contribution < 1.29 is 19.4 Å². The molecule has 0 spiro atoms. The minimum Gasteiger partial charge on any atom is -0.481 e. The van der Waals surface area contributed by atoms with Crippen LogP contribution in [0.2, 0.25) is 0 Å². The molecule has 0 unspecified atom stereocenters. The van der Waals surface area contributed by atoms with Crippen LogP contribution in [-0.2, 0) is 14.3 Å². The predicted octanol–water partition coefficient (Wildman–Crippen LogP) is 1.50. The third-order valence-electron chi connectivity index (χ3n) is 5.63. The minimum atomic E-state index is -0.949. The molecule has 142 valence electrons. The van der Waals surface area contributed by atoms with E-state index in [2.05, 4.69) is 29.2 Å². The summed E-state index contributed by atoms with van der Waals surface area (Å²) in [6.07, 6.45) is 6.98. The topological polar surface area (TPSA) is 70.1 Å². The number of nitrogens with zero attached hydrogens (tertiary/aromatic N) is 2. The summed E-state index contributed by atoms with van der Waals surface area (Å²) < 4.78 is 5.63. The normalized spacial score (nSPS) is 30.3. The quantitative estimate of drug-likeness (QED) is 0.798. The molecule has 1 aromatic rings. The summed E-state index contributed by atoms with van der Waals surface area (Å²) in [6.45, 7) is 3.68. The number of carboxylic acids is 1. The number of hydrogen-bond donors (Lipinski definition) is 1. The summed E-state index contributed by atoms with van der Waals surface area (Å²) in [6, 6.07) is 10.2. The number of carboxylic acid groups (broad SMARTS) is 1. The summed E-state index contributed by atoms with van der Waals surface area (Å²) in [5.41, 5.74) is 1.18. The summed E-state index contributed by atoms with van der Waals surface area (Å²) in [5.74, 6) is -2.39. The van der Waals surface area contributed by atoms with Gasteiger partial charge in [-0.2, -0.15) is 0 Å². The average molecular weight is 368 g/mol. The van der Waals surface area contributed by atoms with Crippen LogP contribution < -0.4 is 0 Å². The molecular formula is C21H24N2O4. The molecule has 3 heterocycles. The van der Waals surface area contributed by atoms with Gasteiger partial charge in [0.1, 0.15) is 5.92 Å². The van der Waals surface area contributed by atoms with Gasteiger partial charge in [-0.05, 0) is 5.56 Å². The molecule has 2 bridgehead atoms. The van der Waals surface area contributed by atoms with Crippen LogP contribution in [-0.4, -0.2) is 71.7 Å². The van der Waals surface area contributed by atoms with E-state index in [0.717, 1.165) is 19.6 Å². The van der Waals surface area contributed by atoms with Crippen LogP contribution in [0.4, 0.5) is 0 Å². The molecule has 2 fully saturated rings. The lowest BCUT2D eigenvalue weighted by atomic mass is 9.82. The number of carbonyl (C=O) groups excluding carboxylic acids is 1. The summed E-state index contributed by atoms with van der Waals surface area (Å²) in [7, 11) is 0. The first-order valence-corrected chi connectivity index (χ1v) is 9.43. The highest BCUT2D eigenvalue weighted by molar-refractivity contribution is 5.87. The number of aliphatic carboxylic acids is 1. The molecule has 4 rings (SSSR count). The molecule has 0 aliphatic carbocycles. The van der Waals surface area contributed by atoms with Crippen molar-refractivity contribution in [3.8, 4) is 0 Å². The molecule has 0 aromatic heterocycles. The van der Waals surface area contributed by atoms with Crippen molar-refractivity contribution in [3.05, 3.63) is 54.1 Å². The van der Waals surface area contributed by atoms with Crippen molar-refractivity contribution in [2.45, 2.75) is 12.2 Å². The molecule has 2 saturated heterocycles. The van der Waals surface area contributed by atoms with Gasteiger partial charge < -0.3 is 14.7 Å². The SMILES string of the molecule is O=C(O)[C@H]1[C@@H](C(=O)N2CCN(C/C=C/c3ccccc3)CC2)[C@H]2C=C[C@@H]1O2. The molecule has 1 N–H and O–H groups in total. The highest BCUT2D eigenvalue weighted by Gasteiger charge is 2.54. The third-order valence-corrected chi connectivity index (χ3v) is 5.63. The van der Waals surface area contributed by atoms with Crippen molar-refractivity contribution in [3.63, 3.8) is 0 Å². The number of amides is 1. The molecule has 27 heavy (non-hydrogen) atoms. The highest BCUT2D eigenvalue weighted by atomic mass is 16.5. The summed E-state index contributed by atoms with van der Waals surface area (Å²) in [5, 5.41) is 9.49. The lowest BCUT2D eigenvalue weighted by Gasteiger charge is -2.36. The predicted molar refractivity (Wildman–Crippen MR) is 101 cm³/mol. The molecule has 0 radical (unpaired) electrons. The molecule has 0 saturated carbocycles. The molecule has 6 heteroatoms. The Labute approximate surface area is 158 Å². The van der Waals surface area contributed by atoms with Gasteiger partial charge in [-0.25, -0.2) is 0 Å². The van der Waals surface area contributed by atoms with Gasteiger partial charge in [0.15, 0.2) is 0 Å². The lowest BCUT2D eigenvalue weighted by Crippen LogP contribution is -2.52. The van der Waals surface area contributed by atoms with Crippen LogP contribution in [0.1, 0.15) is 5.56 Å². The van der Waals surface area contributed by atoms with Gasteiger partial charge in [0.05, 0.1) is 18.1 Å². The highest BCUT2D eigenvalue weighted by Crippen LogP contribution is 2.40. The van der Waals surface area contributed by atoms with Crippen molar-refractivity contribution in [2.24, 2.45) is 11.8 Å². The van der Waals surface area contributed by atoms with Crippen molar-refractivity contribution in [1.29, 1.82) is 0 Å². The van der Waals surface area contributed by atoms with Gasteiger partial charge in [0, 0.05) is 32.7 Å². The number of ether oxygens (including phenoxy) is 1. The van der Waals surface area contributed by atoms with E-state index < -0.39 is 30.0 Å². The fourth-order valence-electron chi connectivity index (χ4n) is 4.16. The Kier molecular flexibility index (Phi) is 5.09. The van der Waals surface area contributed by atoms with Gasteiger partial charge in [-0.15, -0.1) is 0 Å². The second-order valence-corrected chi connectivity index (χ2v) is 7.28. The molecule has 1 aromatic carbocycles. The van der Waals surface area contributed by atoms with E-state index in [1.165, 1.54) is 5.56 Å². The largest absolute Gasteiger partial charge is 0.481 e. The number of rotatable bonds is 5. The Balaban J connectivity index is 1.30. The van der Waals surface area contributed by atoms with Gasteiger partial charge >= 0.3 is 5.97 Å². The van der Waals surface area contributed by atoms with E-state index in [1.54, 1.807) is 11.0 Å². The number of hydrogen-bond acceptors (Lipinski definition) is 4. The van der Waals surface area contributed by atoms with Crippen LogP contribution in [0.15, 0.2) is 48.6 Å². The number of carbonyl (C=O) groups is 2. The Morgan fingerprint density at radius 1 is 1.04 bits per heavy atom. The Morgan fingerprint density at radius 2 is 1.70 bits per heavy atom. The minimum absolute atomic E-state index is 0.0845. The van der Waals surface area contributed by atoms with Crippen LogP contribution >= 0.6 is 0 Å². The van der Waals surface area contributed by atoms with E-state index >= 15 is 0 Å². The summed E-state index contributed by atoms with van der Waals surface area (Å²) in [4.78, 5) is 28.6. The maximum Gasteiger partial charge on any atom is 0.310 e. The Hall–Kier alpha value is -2.44. The Bertz CT molecular complexity index is 753. The van der Waals surface area contributed by atoms with E-state index in [0.29, 0.717) is 13.1 Å². The fourth-order valence-corrected chi connectivity index (χ4v) is 4.16. The van der Waals surface area contributed by atoms with Crippen LogP contribution in [0.5, 0.6) is 0 Å². The van der Waals surface area contributed by atoms with Crippen LogP contribution in [0, 0.1) is 11.8 Å². The maximum atomic E-state index is 12.9. The first kappa shape index (κ1) is 17.9. The van der Waals surface area contributed by atoms with Gasteiger partial charge in [-0.1, -0.05) is 54.6 Å². The van der Waals surface area contributed by atoms with Crippen LogP contribution in [0.3, 0.4) is 0 Å². The van der Waals surface area contributed by atoms with E-state index in [-0.39, 0.29) is 5.91 Å². The zero-order valence-electron chi connectivity index (χ0n) is 15.1. The first-order chi connectivity index (χ1) is 13.1. The molecule has 3 aliphatic rings. The molecular weight excluding hydrogens is 344 g/mol. The number of piperazine rings is 1. The van der Waals surface area contributed by atoms with Crippen LogP contribution in [0.25, 0.3) is 6.08 Å². The third kappa shape index (κ3) is 3.68. The zero-order chi connectivity index (χ0) is 18.8. The van der Waals surface area contributed by atoms with Gasteiger partial charge in [0.25, 0.3) is 0 Å². The second-order valence-electron chi connectivity index (χ2n) is 7.28. The number of benzene rings is 1. The molecule has 6 nitrogen and oxygen atoms in total. The average Bonchev–Trinajstić information content (AvgIpc) is 3.30. The standard InChI is InChI=1S/C21H24N2O4/c24-20(18-16-8-9-17(27-16)19(18)21(25)26)23-13-11-22(12-14-23)10-4-7-15-5-2-1-3-6-15/h1-9,16-19H,10-14H2,(H,25,26)/b7-4+/t16-,17+,18+,19-/m1/s1. The van der Waals surface area contributed by atoms with Gasteiger partial charge in [-0.3, -0.25) is 14.5 Å². The Morgan fingerprint density at radius 3 is 2.37 bits per heavy atom. The monoisotopic (exact) mass is 368 g/mol. The number of fused-ring (bicyclic) bond motifs is 2. The van der Waals surface area contributed by atoms with E-state index in [1.807, 2.05) is 24.3 Å². The zero-order valence-corrected chi connectivity index (χ0v) is 15.1. The van der Waals surface area contributed by atoms with Crippen molar-refractivity contribution in [2.75, 3.05) is 32.7 Å².